The second kappa shape index (κ2) is 7.59. The standard InChI is InChI=1S/C17H31NO3/c1-4-18-17(16(19)20-5-2)10-9-15(12-17)21-14-8-6-7-13(3)11-14/h13-15,18H,4-12H2,1-3H3. The van der Waals surface area contributed by atoms with Gasteiger partial charge in [0.25, 0.3) is 0 Å². The summed E-state index contributed by atoms with van der Waals surface area (Å²) in [5.41, 5.74) is -0.518. The van der Waals surface area contributed by atoms with Crippen LogP contribution in [0.3, 0.4) is 0 Å². The molecule has 2 saturated carbocycles. The third-order valence-corrected chi connectivity index (χ3v) is 4.92. The number of esters is 1. The lowest BCUT2D eigenvalue weighted by molar-refractivity contribution is -0.151. The molecule has 21 heavy (non-hydrogen) atoms. The first-order valence-corrected chi connectivity index (χ1v) is 8.67. The van der Waals surface area contributed by atoms with E-state index < -0.39 is 5.54 Å². The molecule has 4 unspecified atom stereocenters. The van der Waals surface area contributed by atoms with E-state index in [-0.39, 0.29) is 12.1 Å². The summed E-state index contributed by atoms with van der Waals surface area (Å²) in [6.07, 6.45) is 8.07. The van der Waals surface area contributed by atoms with Crippen LogP contribution in [-0.2, 0) is 14.3 Å². The van der Waals surface area contributed by atoms with Crippen molar-refractivity contribution in [1.82, 2.24) is 5.32 Å². The van der Waals surface area contributed by atoms with Crippen LogP contribution in [0.25, 0.3) is 0 Å². The molecule has 0 aliphatic heterocycles. The molecule has 4 atom stereocenters. The zero-order chi connectivity index (χ0) is 15.3. The summed E-state index contributed by atoms with van der Waals surface area (Å²) in [5.74, 6) is 0.670. The summed E-state index contributed by atoms with van der Waals surface area (Å²) in [4.78, 5) is 12.3. The fourth-order valence-electron chi connectivity index (χ4n) is 3.92. The minimum Gasteiger partial charge on any atom is -0.465 e. The van der Waals surface area contributed by atoms with Gasteiger partial charge in [-0.1, -0.05) is 26.7 Å². The van der Waals surface area contributed by atoms with Crippen molar-refractivity contribution < 1.29 is 14.3 Å². The quantitative estimate of drug-likeness (QED) is 0.766. The van der Waals surface area contributed by atoms with Crippen molar-refractivity contribution >= 4 is 5.97 Å². The summed E-state index contributed by atoms with van der Waals surface area (Å²) >= 11 is 0. The Bertz CT molecular complexity index is 347. The molecule has 0 saturated heterocycles. The number of ether oxygens (including phenoxy) is 2. The highest BCUT2D eigenvalue weighted by Crippen LogP contribution is 2.36. The van der Waals surface area contributed by atoms with Gasteiger partial charge in [0, 0.05) is 6.42 Å². The number of rotatable bonds is 6. The van der Waals surface area contributed by atoms with Crippen molar-refractivity contribution in [2.75, 3.05) is 13.2 Å². The molecular formula is C17H31NO3. The highest BCUT2D eigenvalue weighted by molar-refractivity contribution is 5.81. The molecule has 2 fully saturated rings. The fourth-order valence-corrected chi connectivity index (χ4v) is 3.92. The molecule has 2 aliphatic carbocycles. The largest absolute Gasteiger partial charge is 0.465 e. The van der Waals surface area contributed by atoms with Crippen LogP contribution in [0.4, 0.5) is 0 Å². The molecule has 0 aromatic carbocycles. The number of hydrogen-bond acceptors (Lipinski definition) is 4. The molecule has 2 aliphatic rings. The van der Waals surface area contributed by atoms with Gasteiger partial charge in [0.15, 0.2) is 0 Å². The predicted octanol–water partition coefficient (Wildman–Crippen LogP) is 3.05. The highest BCUT2D eigenvalue weighted by Gasteiger charge is 2.47. The predicted molar refractivity (Wildman–Crippen MR) is 83.2 cm³/mol. The topological polar surface area (TPSA) is 47.6 Å². The molecule has 0 heterocycles. The minimum atomic E-state index is -0.518. The summed E-state index contributed by atoms with van der Waals surface area (Å²) in [6, 6.07) is 0. The van der Waals surface area contributed by atoms with Crippen LogP contribution < -0.4 is 5.32 Å². The Morgan fingerprint density at radius 2 is 2.05 bits per heavy atom. The van der Waals surface area contributed by atoms with E-state index in [9.17, 15) is 4.79 Å². The molecule has 0 aromatic rings. The highest BCUT2D eigenvalue weighted by atomic mass is 16.5. The van der Waals surface area contributed by atoms with E-state index in [1.807, 2.05) is 13.8 Å². The Kier molecular flexibility index (Phi) is 6.06. The number of hydrogen-bond donors (Lipinski definition) is 1. The summed E-state index contributed by atoms with van der Waals surface area (Å²) in [6.45, 7) is 7.44. The second-order valence-electron chi connectivity index (χ2n) is 6.73. The summed E-state index contributed by atoms with van der Waals surface area (Å²) in [5, 5.41) is 3.36. The average Bonchev–Trinajstić information content (AvgIpc) is 2.84. The van der Waals surface area contributed by atoms with E-state index in [4.69, 9.17) is 9.47 Å². The zero-order valence-electron chi connectivity index (χ0n) is 13.8. The van der Waals surface area contributed by atoms with Gasteiger partial charge in [-0.25, -0.2) is 0 Å². The maximum Gasteiger partial charge on any atom is 0.326 e. The molecule has 0 bridgehead atoms. The van der Waals surface area contributed by atoms with Crippen LogP contribution in [0, 0.1) is 5.92 Å². The molecule has 4 heteroatoms. The number of nitrogens with one attached hydrogen (secondary N) is 1. The monoisotopic (exact) mass is 297 g/mol. The van der Waals surface area contributed by atoms with E-state index in [1.54, 1.807) is 0 Å². The molecule has 122 valence electrons. The van der Waals surface area contributed by atoms with E-state index in [0.717, 1.165) is 31.7 Å². The van der Waals surface area contributed by atoms with Gasteiger partial charge in [0.2, 0.25) is 0 Å². The third kappa shape index (κ3) is 4.19. The third-order valence-electron chi connectivity index (χ3n) is 4.92. The van der Waals surface area contributed by atoms with Crippen LogP contribution in [0.5, 0.6) is 0 Å². The lowest BCUT2D eigenvalue weighted by Crippen LogP contribution is -2.51. The smallest absolute Gasteiger partial charge is 0.326 e. The number of likely N-dealkylation sites (N-methyl/N-ethyl adjacent to an activating group) is 1. The van der Waals surface area contributed by atoms with Gasteiger partial charge in [-0.15, -0.1) is 0 Å². The Morgan fingerprint density at radius 3 is 2.71 bits per heavy atom. The van der Waals surface area contributed by atoms with Gasteiger partial charge in [0.1, 0.15) is 5.54 Å². The summed E-state index contributed by atoms with van der Waals surface area (Å²) < 4.78 is 11.6. The van der Waals surface area contributed by atoms with Gasteiger partial charge >= 0.3 is 5.97 Å². The van der Waals surface area contributed by atoms with Gasteiger partial charge in [-0.3, -0.25) is 4.79 Å². The van der Waals surface area contributed by atoms with Gasteiger partial charge in [-0.2, -0.15) is 0 Å². The normalized spacial score (nSPS) is 36.6. The second-order valence-corrected chi connectivity index (χ2v) is 6.73. The van der Waals surface area contributed by atoms with Crippen molar-refractivity contribution in [3.8, 4) is 0 Å². The Balaban J connectivity index is 1.91. The van der Waals surface area contributed by atoms with E-state index >= 15 is 0 Å². The lowest BCUT2D eigenvalue weighted by Gasteiger charge is -2.31. The first-order chi connectivity index (χ1) is 10.1. The molecule has 0 radical (unpaired) electrons. The van der Waals surface area contributed by atoms with Gasteiger partial charge in [-0.05, 0) is 45.1 Å². The molecule has 0 amide bonds. The fraction of sp³-hybridized carbons (Fsp3) is 0.941. The van der Waals surface area contributed by atoms with Crippen molar-refractivity contribution in [2.24, 2.45) is 5.92 Å². The van der Waals surface area contributed by atoms with Crippen molar-refractivity contribution in [1.29, 1.82) is 0 Å². The van der Waals surface area contributed by atoms with Crippen LogP contribution in [0.2, 0.25) is 0 Å². The molecule has 0 aromatic heterocycles. The first-order valence-electron chi connectivity index (χ1n) is 8.67. The van der Waals surface area contributed by atoms with Crippen molar-refractivity contribution in [3.63, 3.8) is 0 Å². The van der Waals surface area contributed by atoms with Crippen LogP contribution in [-0.4, -0.2) is 36.9 Å². The van der Waals surface area contributed by atoms with E-state index in [2.05, 4.69) is 12.2 Å². The number of carbonyl (C=O) groups is 1. The summed E-state index contributed by atoms with van der Waals surface area (Å²) in [7, 11) is 0. The van der Waals surface area contributed by atoms with Crippen molar-refractivity contribution in [2.45, 2.75) is 83.5 Å². The van der Waals surface area contributed by atoms with Gasteiger partial charge in [0.05, 0.1) is 18.8 Å². The minimum absolute atomic E-state index is 0.102. The van der Waals surface area contributed by atoms with Crippen molar-refractivity contribution in [3.05, 3.63) is 0 Å². The van der Waals surface area contributed by atoms with E-state index in [1.165, 1.54) is 25.7 Å². The van der Waals surface area contributed by atoms with Crippen LogP contribution in [0.15, 0.2) is 0 Å². The van der Waals surface area contributed by atoms with Gasteiger partial charge < -0.3 is 14.8 Å². The Labute approximate surface area is 129 Å². The van der Waals surface area contributed by atoms with E-state index in [0.29, 0.717) is 12.7 Å². The Hall–Kier alpha value is -0.610. The SMILES string of the molecule is CCNC1(C(=O)OCC)CCC(OC2CCCC(C)C2)C1. The Morgan fingerprint density at radius 1 is 1.24 bits per heavy atom. The first kappa shape index (κ1) is 16.8. The maximum absolute atomic E-state index is 12.3. The molecule has 1 N–H and O–H groups in total. The molecule has 4 nitrogen and oxygen atoms in total. The molecule has 2 rings (SSSR count). The average molecular weight is 297 g/mol. The molecule has 0 spiro atoms. The van der Waals surface area contributed by atoms with Crippen LogP contribution in [0.1, 0.15) is 65.7 Å². The van der Waals surface area contributed by atoms with Crippen LogP contribution >= 0.6 is 0 Å². The molecular weight excluding hydrogens is 266 g/mol. The zero-order valence-corrected chi connectivity index (χ0v) is 13.8. The maximum atomic E-state index is 12.3. The number of carbonyl (C=O) groups excluding carboxylic acids is 1. The lowest BCUT2D eigenvalue weighted by atomic mass is 9.88.